The van der Waals surface area contributed by atoms with Crippen molar-refractivity contribution in [3.63, 3.8) is 0 Å². The van der Waals surface area contributed by atoms with Crippen LogP contribution in [0.25, 0.3) is 0 Å². The second-order valence-corrected chi connectivity index (χ2v) is 6.31. The van der Waals surface area contributed by atoms with Gasteiger partial charge in [-0.05, 0) is 24.1 Å². The van der Waals surface area contributed by atoms with Crippen LogP contribution in [-0.2, 0) is 9.84 Å². The quantitative estimate of drug-likeness (QED) is 0.818. The van der Waals surface area contributed by atoms with E-state index in [1.165, 1.54) is 24.3 Å². The lowest BCUT2D eigenvalue weighted by molar-refractivity contribution is 0.0697. The molecule has 0 saturated heterocycles. The molecule has 0 aliphatic carbocycles. The predicted molar refractivity (Wildman–Crippen MR) is 69.0 cm³/mol. The van der Waals surface area contributed by atoms with Crippen molar-refractivity contribution in [1.29, 1.82) is 0 Å². The van der Waals surface area contributed by atoms with Gasteiger partial charge in [0.1, 0.15) is 5.37 Å². The molecular formula is C12H17NO4S. The highest BCUT2D eigenvalue weighted by Gasteiger charge is 2.22. The smallest absolute Gasteiger partial charge is 0.335 e. The van der Waals surface area contributed by atoms with Gasteiger partial charge in [0, 0.05) is 0 Å². The van der Waals surface area contributed by atoms with Crippen LogP contribution < -0.4 is 5.73 Å². The number of unbranched alkanes of at least 4 members (excludes halogenated alkanes) is 1. The van der Waals surface area contributed by atoms with Crippen LogP contribution in [0.1, 0.15) is 41.1 Å². The zero-order chi connectivity index (χ0) is 13.8. The first-order chi connectivity index (χ1) is 8.38. The van der Waals surface area contributed by atoms with Gasteiger partial charge >= 0.3 is 5.97 Å². The summed E-state index contributed by atoms with van der Waals surface area (Å²) in [5, 5.41) is 7.65. The fourth-order valence-electron chi connectivity index (χ4n) is 1.50. The molecule has 0 fully saturated rings. The van der Waals surface area contributed by atoms with Crippen LogP contribution >= 0.6 is 0 Å². The summed E-state index contributed by atoms with van der Waals surface area (Å²) < 4.78 is 23.7. The number of hydrogen-bond acceptors (Lipinski definition) is 4. The number of carboxylic acid groups (broad SMARTS) is 1. The average Bonchev–Trinajstić information content (AvgIpc) is 2.35. The van der Waals surface area contributed by atoms with E-state index in [1.54, 1.807) is 0 Å². The summed E-state index contributed by atoms with van der Waals surface area (Å²) in [4.78, 5) is 10.7. The molecule has 1 rings (SSSR count). The molecule has 1 aromatic rings. The first-order valence-electron chi connectivity index (χ1n) is 5.69. The Morgan fingerprint density at radius 1 is 1.33 bits per heavy atom. The number of nitrogens with two attached hydrogens (primary N) is 1. The molecule has 0 spiro atoms. The van der Waals surface area contributed by atoms with Gasteiger partial charge in [-0.15, -0.1) is 0 Å². The van der Waals surface area contributed by atoms with Gasteiger partial charge in [-0.2, -0.15) is 0 Å². The van der Waals surface area contributed by atoms with Gasteiger partial charge in [0.05, 0.1) is 11.3 Å². The third-order valence-corrected chi connectivity index (χ3v) is 4.56. The van der Waals surface area contributed by atoms with Gasteiger partial charge in [-0.1, -0.05) is 25.5 Å². The molecule has 1 atom stereocenters. The van der Waals surface area contributed by atoms with Crippen LogP contribution in [0.4, 0.5) is 0 Å². The Balaban J connectivity index is 2.90. The summed E-state index contributed by atoms with van der Waals surface area (Å²) in [6.45, 7) is 1.91. The molecule has 100 valence electrons. The van der Waals surface area contributed by atoms with E-state index >= 15 is 0 Å². The molecule has 5 nitrogen and oxygen atoms in total. The summed E-state index contributed by atoms with van der Waals surface area (Å²) in [6, 6.07) is 5.59. The molecule has 6 heteroatoms. The summed E-state index contributed by atoms with van der Waals surface area (Å²) in [7, 11) is -3.38. The monoisotopic (exact) mass is 271 g/mol. The standard InChI is InChI=1S/C12H17NO4S/c1-2-3-8-18(16,17)11(13)9-4-6-10(7-5-9)12(14)15/h4-7,11H,2-3,8,13H2,1H3,(H,14,15). The van der Waals surface area contributed by atoms with Crippen LogP contribution in [0.2, 0.25) is 0 Å². The van der Waals surface area contributed by atoms with Gasteiger partial charge in [0.2, 0.25) is 0 Å². The minimum absolute atomic E-state index is 0.0470. The van der Waals surface area contributed by atoms with Crippen molar-refractivity contribution in [2.75, 3.05) is 5.75 Å². The molecule has 0 bridgehead atoms. The Hall–Kier alpha value is -1.40. The number of carboxylic acids is 1. The Kier molecular flexibility index (Phi) is 4.86. The second-order valence-electron chi connectivity index (χ2n) is 4.07. The lowest BCUT2D eigenvalue weighted by atomic mass is 10.1. The van der Waals surface area contributed by atoms with E-state index in [4.69, 9.17) is 10.8 Å². The average molecular weight is 271 g/mol. The number of sulfone groups is 1. The summed E-state index contributed by atoms with van der Waals surface area (Å²) >= 11 is 0. The van der Waals surface area contributed by atoms with E-state index < -0.39 is 21.2 Å². The molecule has 3 N–H and O–H groups in total. The Morgan fingerprint density at radius 3 is 2.33 bits per heavy atom. The van der Waals surface area contributed by atoms with E-state index in [1.807, 2.05) is 6.92 Å². The molecule has 0 amide bonds. The van der Waals surface area contributed by atoms with Crippen LogP contribution in [0, 0.1) is 0 Å². The maximum absolute atomic E-state index is 11.9. The lowest BCUT2D eigenvalue weighted by Gasteiger charge is -2.13. The number of rotatable bonds is 6. The van der Waals surface area contributed by atoms with E-state index in [-0.39, 0.29) is 11.3 Å². The number of hydrogen-bond donors (Lipinski definition) is 2. The van der Waals surface area contributed by atoms with Gasteiger partial charge < -0.3 is 10.8 Å². The molecule has 0 saturated carbocycles. The van der Waals surface area contributed by atoms with Crippen molar-refractivity contribution >= 4 is 15.8 Å². The van der Waals surface area contributed by atoms with E-state index in [9.17, 15) is 13.2 Å². The summed E-state index contributed by atoms with van der Waals surface area (Å²) in [6.07, 6.45) is 1.35. The molecule has 0 heterocycles. The highest BCUT2D eigenvalue weighted by Crippen LogP contribution is 2.19. The van der Waals surface area contributed by atoms with Gasteiger partial charge in [0.15, 0.2) is 9.84 Å². The van der Waals surface area contributed by atoms with Crippen molar-refractivity contribution in [1.82, 2.24) is 0 Å². The van der Waals surface area contributed by atoms with Crippen molar-refractivity contribution < 1.29 is 18.3 Å². The van der Waals surface area contributed by atoms with Crippen LogP contribution in [-0.4, -0.2) is 25.2 Å². The fourth-order valence-corrected chi connectivity index (χ4v) is 3.01. The number of aromatic carboxylic acids is 1. The molecule has 0 aliphatic heterocycles. The van der Waals surface area contributed by atoms with Crippen LogP contribution in [0.5, 0.6) is 0 Å². The highest BCUT2D eigenvalue weighted by atomic mass is 32.2. The minimum Gasteiger partial charge on any atom is -0.478 e. The SMILES string of the molecule is CCCCS(=O)(=O)C(N)c1ccc(C(=O)O)cc1. The van der Waals surface area contributed by atoms with Gasteiger partial charge in [0.25, 0.3) is 0 Å². The van der Waals surface area contributed by atoms with Crippen molar-refractivity contribution in [2.24, 2.45) is 5.73 Å². The number of carbonyl (C=O) groups is 1. The molecule has 1 aromatic carbocycles. The summed E-state index contributed by atoms with van der Waals surface area (Å²) in [5.74, 6) is -1.00. The van der Waals surface area contributed by atoms with Crippen LogP contribution in [0.15, 0.2) is 24.3 Å². The molecule has 1 unspecified atom stereocenters. The summed E-state index contributed by atoms with van der Waals surface area (Å²) in [5.41, 5.74) is 6.23. The molecule has 0 aliphatic rings. The van der Waals surface area contributed by atoms with Crippen molar-refractivity contribution in [3.8, 4) is 0 Å². The molecule has 18 heavy (non-hydrogen) atoms. The van der Waals surface area contributed by atoms with E-state index in [2.05, 4.69) is 0 Å². The zero-order valence-electron chi connectivity index (χ0n) is 10.2. The molecular weight excluding hydrogens is 254 g/mol. The van der Waals surface area contributed by atoms with Crippen LogP contribution in [0.3, 0.4) is 0 Å². The molecule has 0 aromatic heterocycles. The maximum Gasteiger partial charge on any atom is 0.335 e. The minimum atomic E-state index is -3.38. The normalized spacial score (nSPS) is 13.2. The topological polar surface area (TPSA) is 97.5 Å². The van der Waals surface area contributed by atoms with E-state index in [0.717, 1.165) is 6.42 Å². The zero-order valence-corrected chi connectivity index (χ0v) is 11.0. The first-order valence-corrected chi connectivity index (χ1v) is 7.40. The van der Waals surface area contributed by atoms with Gasteiger partial charge in [-0.3, -0.25) is 0 Å². The fraction of sp³-hybridized carbons (Fsp3) is 0.417. The Bertz CT molecular complexity index is 507. The van der Waals surface area contributed by atoms with Crippen molar-refractivity contribution in [3.05, 3.63) is 35.4 Å². The van der Waals surface area contributed by atoms with E-state index in [0.29, 0.717) is 12.0 Å². The third kappa shape index (κ3) is 3.54. The number of benzene rings is 1. The first kappa shape index (κ1) is 14.7. The molecule has 0 radical (unpaired) electrons. The third-order valence-electron chi connectivity index (χ3n) is 2.66. The highest BCUT2D eigenvalue weighted by molar-refractivity contribution is 7.91. The second kappa shape index (κ2) is 5.97. The van der Waals surface area contributed by atoms with Gasteiger partial charge in [-0.25, -0.2) is 13.2 Å². The Labute approximate surface area is 107 Å². The lowest BCUT2D eigenvalue weighted by Crippen LogP contribution is -2.24. The largest absolute Gasteiger partial charge is 0.478 e. The van der Waals surface area contributed by atoms with Crippen molar-refractivity contribution in [2.45, 2.75) is 25.1 Å². The maximum atomic E-state index is 11.9. The predicted octanol–water partition coefficient (Wildman–Crippen LogP) is 1.56. The Morgan fingerprint density at radius 2 is 1.89 bits per heavy atom.